The van der Waals surface area contributed by atoms with Crippen LogP contribution in [-0.2, 0) is 14.3 Å². The summed E-state index contributed by atoms with van der Waals surface area (Å²) in [6, 6.07) is 0.205. The zero-order valence-electron chi connectivity index (χ0n) is 8.58. The highest BCUT2D eigenvalue weighted by Gasteiger charge is 2.22. The standard InChI is InChI=1S/C9H16N2O3/c1-11-6-7(3-4-8(11)12)10-5-9(13)14-2/h7,10H,3-6H2,1-2H3. The molecule has 1 atom stereocenters. The maximum atomic E-state index is 11.1. The molecule has 1 heterocycles. The van der Waals surface area contributed by atoms with E-state index in [2.05, 4.69) is 10.1 Å². The number of amides is 1. The lowest BCUT2D eigenvalue weighted by atomic mass is 10.1. The first kappa shape index (κ1) is 11.0. The molecular weight excluding hydrogens is 184 g/mol. The largest absolute Gasteiger partial charge is 0.468 e. The van der Waals surface area contributed by atoms with Gasteiger partial charge in [-0.2, -0.15) is 0 Å². The molecule has 0 spiro atoms. The predicted molar refractivity (Wildman–Crippen MR) is 50.7 cm³/mol. The van der Waals surface area contributed by atoms with E-state index >= 15 is 0 Å². The summed E-state index contributed by atoms with van der Waals surface area (Å²) < 4.78 is 4.51. The summed E-state index contributed by atoms with van der Waals surface area (Å²) in [6.45, 7) is 0.874. The molecular formula is C9H16N2O3. The van der Waals surface area contributed by atoms with Gasteiger partial charge in [0.15, 0.2) is 0 Å². The molecule has 0 radical (unpaired) electrons. The fraction of sp³-hybridized carbons (Fsp3) is 0.778. The van der Waals surface area contributed by atoms with E-state index in [1.54, 1.807) is 11.9 Å². The van der Waals surface area contributed by atoms with E-state index in [9.17, 15) is 9.59 Å². The first-order valence-electron chi connectivity index (χ1n) is 4.67. The van der Waals surface area contributed by atoms with Gasteiger partial charge in [0.05, 0.1) is 13.7 Å². The molecule has 0 aromatic carbocycles. The zero-order chi connectivity index (χ0) is 10.6. The zero-order valence-corrected chi connectivity index (χ0v) is 8.58. The van der Waals surface area contributed by atoms with Gasteiger partial charge in [0.1, 0.15) is 0 Å². The normalized spacial score (nSPS) is 22.3. The van der Waals surface area contributed by atoms with Crippen LogP contribution in [-0.4, -0.2) is 50.1 Å². The second-order valence-corrected chi connectivity index (χ2v) is 3.47. The number of hydrogen-bond acceptors (Lipinski definition) is 4. The average molecular weight is 200 g/mol. The van der Waals surface area contributed by atoms with Crippen molar-refractivity contribution < 1.29 is 14.3 Å². The van der Waals surface area contributed by atoms with Crippen molar-refractivity contribution in [3.8, 4) is 0 Å². The Morgan fingerprint density at radius 2 is 2.43 bits per heavy atom. The molecule has 0 bridgehead atoms. The van der Waals surface area contributed by atoms with E-state index < -0.39 is 0 Å². The summed E-state index contributed by atoms with van der Waals surface area (Å²) in [5, 5.41) is 3.05. The Balaban J connectivity index is 2.26. The van der Waals surface area contributed by atoms with Crippen LogP contribution in [0.25, 0.3) is 0 Å². The third-order valence-electron chi connectivity index (χ3n) is 2.39. The number of nitrogens with one attached hydrogen (secondary N) is 1. The SMILES string of the molecule is COC(=O)CNC1CCC(=O)N(C)C1. The Morgan fingerprint density at radius 1 is 1.71 bits per heavy atom. The van der Waals surface area contributed by atoms with Crippen molar-refractivity contribution in [2.75, 3.05) is 27.2 Å². The number of carbonyl (C=O) groups excluding carboxylic acids is 2. The number of hydrogen-bond donors (Lipinski definition) is 1. The minimum Gasteiger partial charge on any atom is -0.468 e. The van der Waals surface area contributed by atoms with Crippen LogP contribution >= 0.6 is 0 Å². The summed E-state index contributed by atoms with van der Waals surface area (Å²) in [5.41, 5.74) is 0. The summed E-state index contributed by atoms with van der Waals surface area (Å²) in [4.78, 5) is 23.7. The first-order chi connectivity index (χ1) is 6.63. The lowest BCUT2D eigenvalue weighted by Gasteiger charge is -2.29. The summed E-state index contributed by atoms with van der Waals surface area (Å²) in [5.74, 6) is -0.106. The number of piperidine rings is 1. The second-order valence-electron chi connectivity index (χ2n) is 3.47. The van der Waals surface area contributed by atoms with Gasteiger partial charge in [-0.05, 0) is 6.42 Å². The number of nitrogens with zero attached hydrogens (tertiary/aromatic N) is 1. The molecule has 1 N–H and O–H groups in total. The Hall–Kier alpha value is -1.10. The van der Waals surface area contributed by atoms with E-state index in [-0.39, 0.29) is 24.5 Å². The van der Waals surface area contributed by atoms with Crippen molar-refractivity contribution in [3.05, 3.63) is 0 Å². The highest BCUT2D eigenvalue weighted by Crippen LogP contribution is 2.08. The van der Waals surface area contributed by atoms with Crippen molar-refractivity contribution in [1.29, 1.82) is 0 Å². The Morgan fingerprint density at radius 3 is 3.00 bits per heavy atom. The van der Waals surface area contributed by atoms with Crippen LogP contribution in [0.1, 0.15) is 12.8 Å². The number of carbonyl (C=O) groups is 2. The molecule has 1 unspecified atom stereocenters. The molecule has 0 saturated carbocycles. The molecule has 0 aliphatic carbocycles. The highest BCUT2D eigenvalue weighted by molar-refractivity contribution is 5.76. The van der Waals surface area contributed by atoms with Crippen molar-refractivity contribution in [3.63, 3.8) is 0 Å². The molecule has 14 heavy (non-hydrogen) atoms. The maximum Gasteiger partial charge on any atom is 0.319 e. The van der Waals surface area contributed by atoms with Crippen LogP contribution in [0.15, 0.2) is 0 Å². The van der Waals surface area contributed by atoms with Crippen molar-refractivity contribution in [1.82, 2.24) is 10.2 Å². The Labute approximate surface area is 83.4 Å². The maximum absolute atomic E-state index is 11.1. The van der Waals surface area contributed by atoms with E-state index in [1.807, 2.05) is 0 Å². The fourth-order valence-electron chi connectivity index (χ4n) is 1.48. The van der Waals surface area contributed by atoms with Crippen molar-refractivity contribution in [2.45, 2.75) is 18.9 Å². The van der Waals surface area contributed by atoms with Crippen LogP contribution in [0.5, 0.6) is 0 Å². The molecule has 1 fully saturated rings. The minimum absolute atomic E-state index is 0.168. The molecule has 1 aliphatic heterocycles. The van der Waals surface area contributed by atoms with E-state index in [4.69, 9.17) is 0 Å². The monoisotopic (exact) mass is 200 g/mol. The second kappa shape index (κ2) is 4.95. The van der Waals surface area contributed by atoms with E-state index in [0.717, 1.165) is 6.42 Å². The van der Waals surface area contributed by atoms with Gasteiger partial charge in [-0.1, -0.05) is 0 Å². The van der Waals surface area contributed by atoms with Gasteiger partial charge in [-0.3, -0.25) is 9.59 Å². The lowest BCUT2D eigenvalue weighted by molar-refractivity contribution is -0.139. The molecule has 1 amide bonds. The van der Waals surface area contributed by atoms with Gasteiger partial charge in [0, 0.05) is 26.1 Å². The van der Waals surface area contributed by atoms with Crippen LogP contribution in [0.2, 0.25) is 0 Å². The number of esters is 1. The predicted octanol–water partition coefficient (Wildman–Crippen LogP) is -0.630. The van der Waals surface area contributed by atoms with Gasteiger partial charge < -0.3 is 15.0 Å². The van der Waals surface area contributed by atoms with Crippen LogP contribution in [0.3, 0.4) is 0 Å². The first-order valence-corrected chi connectivity index (χ1v) is 4.67. The fourth-order valence-corrected chi connectivity index (χ4v) is 1.48. The smallest absolute Gasteiger partial charge is 0.319 e. The molecule has 0 aromatic heterocycles. The molecule has 1 rings (SSSR count). The van der Waals surface area contributed by atoms with Crippen LogP contribution in [0, 0.1) is 0 Å². The molecule has 1 aliphatic rings. The van der Waals surface area contributed by atoms with Gasteiger partial charge in [0.2, 0.25) is 5.91 Å². The highest BCUT2D eigenvalue weighted by atomic mass is 16.5. The van der Waals surface area contributed by atoms with Crippen molar-refractivity contribution in [2.24, 2.45) is 0 Å². The third-order valence-corrected chi connectivity index (χ3v) is 2.39. The van der Waals surface area contributed by atoms with Crippen LogP contribution < -0.4 is 5.32 Å². The molecule has 1 saturated heterocycles. The Bertz CT molecular complexity index is 230. The molecule has 80 valence electrons. The van der Waals surface area contributed by atoms with Crippen LogP contribution in [0.4, 0.5) is 0 Å². The number of ether oxygens (including phenoxy) is 1. The minimum atomic E-state index is -0.274. The topological polar surface area (TPSA) is 58.6 Å². The van der Waals surface area contributed by atoms with E-state index in [0.29, 0.717) is 13.0 Å². The molecule has 5 heteroatoms. The van der Waals surface area contributed by atoms with Crippen molar-refractivity contribution >= 4 is 11.9 Å². The average Bonchev–Trinajstić information content (AvgIpc) is 2.19. The van der Waals surface area contributed by atoms with Gasteiger partial charge in [0.25, 0.3) is 0 Å². The quantitative estimate of drug-likeness (QED) is 0.616. The summed E-state index contributed by atoms with van der Waals surface area (Å²) in [7, 11) is 3.13. The number of likely N-dealkylation sites (N-methyl/N-ethyl adjacent to an activating group) is 1. The van der Waals surface area contributed by atoms with Gasteiger partial charge in [-0.15, -0.1) is 0 Å². The summed E-state index contributed by atoms with van der Waals surface area (Å²) >= 11 is 0. The number of methoxy groups -OCH3 is 1. The number of rotatable bonds is 3. The third kappa shape index (κ3) is 2.99. The van der Waals surface area contributed by atoms with Gasteiger partial charge in [-0.25, -0.2) is 0 Å². The number of likely N-dealkylation sites (tertiary alicyclic amines) is 1. The molecule has 5 nitrogen and oxygen atoms in total. The Kier molecular flexibility index (Phi) is 3.88. The molecule has 0 aromatic rings. The summed E-state index contributed by atoms with van der Waals surface area (Å²) in [6.07, 6.45) is 1.34. The van der Waals surface area contributed by atoms with Gasteiger partial charge >= 0.3 is 5.97 Å². The van der Waals surface area contributed by atoms with E-state index in [1.165, 1.54) is 7.11 Å². The lowest BCUT2D eigenvalue weighted by Crippen LogP contribution is -2.47.